The Morgan fingerprint density at radius 1 is 1.26 bits per heavy atom. The Bertz CT molecular complexity index is 382. The Morgan fingerprint density at radius 3 is 2.63 bits per heavy atom. The summed E-state index contributed by atoms with van der Waals surface area (Å²) < 4.78 is 23.9. The molecule has 1 aromatic carbocycles. The zero-order chi connectivity index (χ0) is 14.3. The lowest BCUT2D eigenvalue weighted by Crippen LogP contribution is -2.28. The van der Waals surface area contributed by atoms with E-state index >= 15 is 0 Å². The van der Waals surface area contributed by atoms with Crippen molar-refractivity contribution in [1.29, 1.82) is 0 Å². The fourth-order valence-electron chi connectivity index (χ4n) is 1.68. The molecule has 0 radical (unpaired) electrons. The average Bonchev–Trinajstić information content (AvgIpc) is 2.38. The predicted octanol–water partition coefficient (Wildman–Crippen LogP) is 2.77. The summed E-state index contributed by atoms with van der Waals surface area (Å²) in [6.07, 6.45) is 1.47. The Kier molecular flexibility index (Phi) is 6.81. The topological polar surface area (TPSA) is 44.5 Å². The van der Waals surface area contributed by atoms with E-state index in [-0.39, 0.29) is 11.9 Å². The maximum Gasteiger partial charge on any atom is 0.165 e. The van der Waals surface area contributed by atoms with Crippen molar-refractivity contribution in [1.82, 2.24) is 0 Å². The molecule has 0 heterocycles. The molecular formula is C15H24FNO2. The van der Waals surface area contributed by atoms with Crippen molar-refractivity contribution in [3.63, 3.8) is 0 Å². The van der Waals surface area contributed by atoms with E-state index in [2.05, 4.69) is 13.8 Å². The molecule has 19 heavy (non-hydrogen) atoms. The zero-order valence-corrected chi connectivity index (χ0v) is 12.0. The van der Waals surface area contributed by atoms with Gasteiger partial charge in [-0.3, -0.25) is 0 Å². The molecule has 0 aromatic heterocycles. The molecule has 1 unspecified atom stereocenters. The van der Waals surface area contributed by atoms with Crippen molar-refractivity contribution in [2.45, 2.75) is 32.7 Å². The van der Waals surface area contributed by atoms with Crippen LogP contribution in [-0.4, -0.2) is 26.4 Å². The van der Waals surface area contributed by atoms with Gasteiger partial charge in [0, 0.05) is 26.2 Å². The van der Waals surface area contributed by atoms with E-state index in [1.54, 1.807) is 19.2 Å². The first kappa shape index (κ1) is 15.9. The first-order chi connectivity index (χ1) is 9.04. The molecular weight excluding hydrogens is 245 g/mol. The lowest BCUT2D eigenvalue weighted by molar-refractivity contribution is 0.170. The quantitative estimate of drug-likeness (QED) is 0.738. The third kappa shape index (κ3) is 5.57. The van der Waals surface area contributed by atoms with E-state index in [0.717, 1.165) is 18.4 Å². The highest BCUT2D eigenvalue weighted by Crippen LogP contribution is 2.20. The number of hydrogen-bond donors (Lipinski definition) is 1. The molecule has 4 heteroatoms. The second kappa shape index (κ2) is 8.12. The Hall–Kier alpha value is -1.13. The highest BCUT2D eigenvalue weighted by molar-refractivity contribution is 5.30. The minimum Gasteiger partial charge on any atom is -0.490 e. The van der Waals surface area contributed by atoms with E-state index in [1.165, 1.54) is 6.07 Å². The molecule has 1 rings (SSSR count). The molecule has 1 atom stereocenters. The first-order valence-corrected chi connectivity index (χ1v) is 6.70. The van der Waals surface area contributed by atoms with Crippen molar-refractivity contribution >= 4 is 0 Å². The standard InChI is InChI=1S/C15H24FNO2/c1-11(2)14(17)9-12-5-6-13(16)15(10-12)19-8-4-7-18-3/h5-6,10-11,14H,4,7-9,17H2,1-3H3. The Morgan fingerprint density at radius 2 is 2.00 bits per heavy atom. The molecule has 1 aromatic rings. The third-order valence-corrected chi connectivity index (χ3v) is 3.07. The van der Waals surface area contributed by atoms with Gasteiger partial charge in [-0.1, -0.05) is 19.9 Å². The summed E-state index contributed by atoms with van der Waals surface area (Å²) in [5.41, 5.74) is 7.03. The second-order valence-electron chi connectivity index (χ2n) is 5.07. The number of rotatable bonds is 8. The predicted molar refractivity (Wildman–Crippen MR) is 74.9 cm³/mol. The van der Waals surface area contributed by atoms with Gasteiger partial charge >= 0.3 is 0 Å². The number of benzene rings is 1. The van der Waals surface area contributed by atoms with Crippen molar-refractivity contribution in [2.24, 2.45) is 11.7 Å². The molecule has 0 spiro atoms. The summed E-state index contributed by atoms with van der Waals surface area (Å²) in [7, 11) is 1.63. The SMILES string of the molecule is COCCCOc1cc(CC(N)C(C)C)ccc1F. The van der Waals surface area contributed by atoms with E-state index in [4.69, 9.17) is 15.2 Å². The van der Waals surface area contributed by atoms with E-state index in [1.807, 2.05) is 0 Å². The van der Waals surface area contributed by atoms with Crippen LogP contribution in [0.5, 0.6) is 5.75 Å². The average molecular weight is 269 g/mol. The van der Waals surface area contributed by atoms with Crippen LogP contribution in [0.2, 0.25) is 0 Å². The summed E-state index contributed by atoms with van der Waals surface area (Å²) >= 11 is 0. The summed E-state index contributed by atoms with van der Waals surface area (Å²) in [6.45, 7) is 5.22. The number of methoxy groups -OCH3 is 1. The van der Waals surface area contributed by atoms with Crippen molar-refractivity contribution in [3.05, 3.63) is 29.6 Å². The lowest BCUT2D eigenvalue weighted by Gasteiger charge is -2.16. The van der Waals surface area contributed by atoms with Gasteiger partial charge in [0.15, 0.2) is 11.6 Å². The highest BCUT2D eigenvalue weighted by Gasteiger charge is 2.11. The second-order valence-corrected chi connectivity index (χ2v) is 5.07. The van der Waals surface area contributed by atoms with Gasteiger partial charge < -0.3 is 15.2 Å². The smallest absolute Gasteiger partial charge is 0.165 e. The molecule has 0 aliphatic heterocycles. The normalized spacial score (nSPS) is 12.7. The van der Waals surface area contributed by atoms with E-state index in [9.17, 15) is 4.39 Å². The fraction of sp³-hybridized carbons (Fsp3) is 0.600. The van der Waals surface area contributed by atoms with Gasteiger partial charge in [-0.25, -0.2) is 4.39 Å². The highest BCUT2D eigenvalue weighted by atomic mass is 19.1. The monoisotopic (exact) mass is 269 g/mol. The molecule has 108 valence electrons. The molecule has 0 bridgehead atoms. The van der Waals surface area contributed by atoms with Crippen LogP contribution >= 0.6 is 0 Å². The number of halogens is 1. The van der Waals surface area contributed by atoms with Crippen LogP contribution in [0.3, 0.4) is 0 Å². The van der Waals surface area contributed by atoms with Gasteiger partial charge in [0.05, 0.1) is 6.61 Å². The lowest BCUT2D eigenvalue weighted by atomic mass is 9.97. The van der Waals surface area contributed by atoms with Crippen LogP contribution in [-0.2, 0) is 11.2 Å². The van der Waals surface area contributed by atoms with E-state index < -0.39 is 0 Å². The minimum absolute atomic E-state index is 0.0757. The van der Waals surface area contributed by atoms with Gasteiger partial charge in [0.25, 0.3) is 0 Å². The van der Waals surface area contributed by atoms with Crippen LogP contribution in [0.1, 0.15) is 25.8 Å². The van der Waals surface area contributed by atoms with Gasteiger partial charge in [-0.05, 0) is 30.0 Å². The zero-order valence-electron chi connectivity index (χ0n) is 12.0. The summed E-state index contributed by atoms with van der Waals surface area (Å²) in [5, 5.41) is 0. The van der Waals surface area contributed by atoms with Gasteiger partial charge in [0.1, 0.15) is 0 Å². The summed E-state index contributed by atoms with van der Waals surface area (Å²) in [5.74, 6) is 0.361. The maximum absolute atomic E-state index is 13.6. The van der Waals surface area contributed by atoms with Crippen LogP contribution in [0.15, 0.2) is 18.2 Å². The summed E-state index contributed by atoms with van der Waals surface area (Å²) in [4.78, 5) is 0. The fourth-order valence-corrected chi connectivity index (χ4v) is 1.68. The van der Waals surface area contributed by atoms with Crippen LogP contribution in [0, 0.1) is 11.7 Å². The van der Waals surface area contributed by atoms with Crippen LogP contribution in [0.4, 0.5) is 4.39 Å². The molecule has 0 saturated carbocycles. The molecule has 0 saturated heterocycles. The van der Waals surface area contributed by atoms with Crippen molar-refractivity contribution in [3.8, 4) is 5.75 Å². The molecule has 0 amide bonds. The van der Waals surface area contributed by atoms with Gasteiger partial charge in [-0.15, -0.1) is 0 Å². The van der Waals surface area contributed by atoms with Crippen molar-refractivity contribution < 1.29 is 13.9 Å². The molecule has 0 aliphatic carbocycles. The summed E-state index contributed by atoms with van der Waals surface area (Å²) in [6, 6.07) is 5.02. The molecule has 0 aliphatic rings. The number of ether oxygens (including phenoxy) is 2. The van der Waals surface area contributed by atoms with Crippen LogP contribution < -0.4 is 10.5 Å². The number of hydrogen-bond acceptors (Lipinski definition) is 3. The molecule has 3 nitrogen and oxygen atoms in total. The number of nitrogens with two attached hydrogens (primary N) is 1. The Labute approximate surface area is 114 Å². The molecule has 0 fully saturated rings. The first-order valence-electron chi connectivity index (χ1n) is 6.70. The van der Waals surface area contributed by atoms with E-state index in [0.29, 0.717) is 24.9 Å². The van der Waals surface area contributed by atoms with Gasteiger partial charge in [0.2, 0.25) is 0 Å². The van der Waals surface area contributed by atoms with Gasteiger partial charge in [-0.2, -0.15) is 0 Å². The molecule has 2 N–H and O–H groups in total. The maximum atomic E-state index is 13.6. The minimum atomic E-state index is -0.334. The van der Waals surface area contributed by atoms with Crippen molar-refractivity contribution in [2.75, 3.05) is 20.3 Å². The van der Waals surface area contributed by atoms with Crippen LogP contribution in [0.25, 0.3) is 0 Å². The largest absolute Gasteiger partial charge is 0.490 e. The Balaban J connectivity index is 2.60. The third-order valence-electron chi connectivity index (χ3n) is 3.07.